The molecule has 5 heteroatoms. The first-order chi connectivity index (χ1) is 9.12. The fourth-order valence-corrected chi connectivity index (χ4v) is 3.23. The van der Waals surface area contributed by atoms with E-state index in [4.69, 9.17) is 5.73 Å². The number of halogens is 1. The molecular formula is C15H30IN3O. The van der Waals surface area contributed by atoms with Crippen molar-refractivity contribution in [2.24, 2.45) is 16.1 Å². The van der Waals surface area contributed by atoms with Gasteiger partial charge in [0.25, 0.3) is 0 Å². The van der Waals surface area contributed by atoms with Gasteiger partial charge < -0.3 is 15.7 Å². The van der Waals surface area contributed by atoms with Crippen LogP contribution >= 0.6 is 24.0 Å². The van der Waals surface area contributed by atoms with Gasteiger partial charge in [-0.1, -0.05) is 32.6 Å². The van der Waals surface area contributed by atoms with Crippen LogP contribution in [0.1, 0.15) is 58.3 Å². The molecule has 1 aliphatic heterocycles. The Balaban J connectivity index is 0.00000200. The second kappa shape index (κ2) is 8.41. The third kappa shape index (κ3) is 4.76. The molecule has 0 radical (unpaired) electrons. The highest BCUT2D eigenvalue weighted by Crippen LogP contribution is 2.36. The van der Waals surface area contributed by atoms with Crippen LogP contribution in [0.25, 0.3) is 0 Å². The lowest BCUT2D eigenvalue weighted by molar-refractivity contribution is 0.00708. The maximum atomic E-state index is 10.2. The molecule has 3 N–H and O–H groups in total. The van der Waals surface area contributed by atoms with Gasteiger partial charge in [0.2, 0.25) is 0 Å². The summed E-state index contributed by atoms with van der Waals surface area (Å²) < 4.78 is 0. The highest BCUT2D eigenvalue weighted by atomic mass is 127. The molecule has 118 valence electrons. The molecule has 0 aromatic rings. The van der Waals surface area contributed by atoms with Gasteiger partial charge in [-0.05, 0) is 25.7 Å². The summed E-state index contributed by atoms with van der Waals surface area (Å²) >= 11 is 0. The molecule has 2 unspecified atom stereocenters. The molecule has 1 aliphatic carbocycles. The Bertz CT molecular complexity index is 316. The van der Waals surface area contributed by atoms with Crippen LogP contribution in [-0.2, 0) is 0 Å². The highest BCUT2D eigenvalue weighted by Gasteiger charge is 2.35. The fourth-order valence-electron chi connectivity index (χ4n) is 3.23. The first-order valence-corrected chi connectivity index (χ1v) is 7.85. The van der Waals surface area contributed by atoms with Crippen molar-refractivity contribution in [3.8, 4) is 0 Å². The highest BCUT2D eigenvalue weighted by molar-refractivity contribution is 14.0. The number of aliphatic hydroxyl groups excluding tert-OH is 1. The zero-order chi connectivity index (χ0) is 13.7. The number of guanidine groups is 1. The lowest BCUT2D eigenvalue weighted by Gasteiger charge is -2.37. The number of nitrogens with two attached hydrogens (primary N) is 1. The Morgan fingerprint density at radius 3 is 2.45 bits per heavy atom. The largest absolute Gasteiger partial charge is 0.392 e. The van der Waals surface area contributed by atoms with Crippen molar-refractivity contribution in [3.63, 3.8) is 0 Å². The Morgan fingerprint density at radius 2 is 1.85 bits per heavy atom. The molecule has 2 aliphatic rings. The monoisotopic (exact) mass is 395 g/mol. The van der Waals surface area contributed by atoms with Gasteiger partial charge in [0.1, 0.15) is 0 Å². The predicted octanol–water partition coefficient (Wildman–Crippen LogP) is 2.74. The normalized spacial score (nSPS) is 32.4. The zero-order valence-corrected chi connectivity index (χ0v) is 15.0. The molecule has 2 atom stereocenters. The van der Waals surface area contributed by atoms with Gasteiger partial charge >= 0.3 is 0 Å². The van der Waals surface area contributed by atoms with E-state index in [9.17, 15) is 5.11 Å². The van der Waals surface area contributed by atoms with Crippen molar-refractivity contribution in [2.45, 2.75) is 64.4 Å². The van der Waals surface area contributed by atoms with Crippen LogP contribution in [0.15, 0.2) is 4.99 Å². The summed E-state index contributed by atoms with van der Waals surface area (Å²) in [7, 11) is 0. The predicted molar refractivity (Wildman–Crippen MR) is 94.5 cm³/mol. The van der Waals surface area contributed by atoms with E-state index >= 15 is 0 Å². The topological polar surface area (TPSA) is 61.8 Å². The van der Waals surface area contributed by atoms with Crippen LogP contribution in [0.3, 0.4) is 0 Å². The first kappa shape index (κ1) is 18.0. The summed E-state index contributed by atoms with van der Waals surface area (Å²) in [5, 5.41) is 10.2. The van der Waals surface area contributed by atoms with Gasteiger partial charge in [-0.25, -0.2) is 0 Å². The molecule has 0 bridgehead atoms. The van der Waals surface area contributed by atoms with Crippen molar-refractivity contribution < 1.29 is 5.11 Å². The molecule has 0 aromatic carbocycles. The number of aliphatic imine (C=N–C) groups is 1. The molecule has 20 heavy (non-hydrogen) atoms. The molecule has 0 amide bonds. The van der Waals surface area contributed by atoms with E-state index in [-0.39, 0.29) is 35.5 Å². The van der Waals surface area contributed by atoms with Gasteiger partial charge in [0, 0.05) is 18.5 Å². The second-order valence-corrected chi connectivity index (χ2v) is 6.49. The summed E-state index contributed by atoms with van der Waals surface area (Å²) in [4.78, 5) is 6.81. The van der Waals surface area contributed by atoms with Gasteiger partial charge in [0.15, 0.2) is 5.96 Å². The van der Waals surface area contributed by atoms with Gasteiger partial charge in [-0.2, -0.15) is 0 Å². The molecule has 2 fully saturated rings. The summed E-state index contributed by atoms with van der Waals surface area (Å²) in [6.45, 7) is 4.88. The quantitative estimate of drug-likeness (QED) is 0.430. The van der Waals surface area contributed by atoms with Crippen molar-refractivity contribution in [1.82, 2.24) is 4.90 Å². The summed E-state index contributed by atoms with van der Waals surface area (Å²) in [6.07, 6.45) is 9.14. The van der Waals surface area contributed by atoms with Crippen molar-refractivity contribution in [2.75, 3.05) is 19.6 Å². The number of hydrogen-bond acceptors (Lipinski definition) is 2. The van der Waals surface area contributed by atoms with Crippen molar-refractivity contribution in [3.05, 3.63) is 0 Å². The molecule has 2 rings (SSSR count). The van der Waals surface area contributed by atoms with Crippen molar-refractivity contribution in [1.29, 1.82) is 0 Å². The number of hydrogen-bond donors (Lipinski definition) is 2. The van der Waals surface area contributed by atoms with Crippen LogP contribution in [0.4, 0.5) is 0 Å². The van der Waals surface area contributed by atoms with Crippen molar-refractivity contribution >= 4 is 29.9 Å². The Kier molecular flexibility index (Phi) is 7.58. The van der Waals surface area contributed by atoms with E-state index in [0.717, 1.165) is 32.4 Å². The van der Waals surface area contributed by atoms with Crippen LogP contribution in [0.2, 0.25) is 0 Å². The second-order valence-electron chi connectivity index (χ2n) is 6.49. The van der Waals surface area contributed by atoms with Crippen LogP contribution in [0, 0.1) is 5.41 Å². The number of aliphatic hydroxyl groups is 1. The lowest BCUT2D eigenvalue weighted by atomic mass is 9.73. The third-order valence-corrected chi connectivity index (χ3v) is 4.81. The van der Waals surface area contributed by atoms with E-state index in [1.807, 2.05) is 0 Å². The number of likely N-dealkylation sites (tertiary alicyclic amines) is 1. The van der Waals surface area contributed by atoms with Crippen LogP contribution < -0.4 is 5.73 Å². The van der Waals surface area contributed by atoms with E-state index in [1.54, 1.807) is 0 Å². The Hall–Kier alpha value is -0.0400. The zero-order valence-electron chi connectivity index (χ0n) is 12.7. The van der Waals surface area contributed by atoms with Gasteiger partial charge in [-0.15, -0.1) is 24.0 Å². The summed E-state index contributed by atoms with van der Waals surface area (Å²) in [5.41, 5.74) is 6.06. The lowest BCUT2D eigenvalue weighted by Crippen LogP contribution is -2.41. The van der Waals surface area contributed by atoms with Gasteiger partial charge in [-0.3, -0.25) is 4.99 Å². The van der Waals surface area contributed by atoms with Gasteiger partial charge in [0.05, 0.1) is 12.6 Å². The van der Waals surface area contributed by atoms with E-state index in [0.29, 0.717) is 12.5 Å². The minimum atomic E-state index is -0.220. The average Bonchev–Trinajstić information content (AvgIpc) is 2.69. The summed E-state index contributed by atoms with van der Waals surface area (Å²) in [6, 6.07) is 0. The minimum Gasteiger partial charge on any atom is -0.392 e. The van der Waals surface area contributed by atoms with E-state index < -0.39 is 0 Å². The number of nitrogens with zero attached hydrogens (tertiary/aromatic N) is 2. The molecule has 1 saturated carbocycles. The Morgan fingerprint density at radius 1 is 1.20 bits per heavy atom. The smallest absolute Gasteiger partial charge is 0.191 e. The van der Waals surface area contributed by atoms with E-state index in [2.05, 4.69) is 16.8 Å². The third-order valence-electron chi connectivity index (χ3n) is 4.81. The maximum Gasteiger partial charge on any atom is 0.191 e. The maximum absolute atomic E-state index is 10.2. The molecular weight excluding hydrogens is 365 g/mol. The molecule has 1 heterocycles. The number of rotatable bonds is 2. The standard InChI is InChI=1S/C15H29N3O.HI/c1-15(9-5-4-8-13(15)19)12-17-14(16)18-10-6-2-3-7-11-18;/h13,19H,2-12H2,1H3,(H2,16,17);1H. The fraction of sp³-hybridized carbons (Fsp3) is 0.933. The first-order valence-electron chi connectivity index (χ1n) is 7.85. The minimum absolute atomic E-state index is 0. The van der Waals surface area contributed by atoms with Crippen LogP contribution in [0.5, 0.6) is 0 Å². The molecule has 4 nitrogen and oxygen atoms in total. The summed E-state index contributed by atoms with van der Waals surface area (Å²) in [5.74, 6) is 0.681. The molecule has 0 spiro atoms. The molecule has 1 saturated heterocycles. The SMILES string of the molecule is CC1(CN=C(N)N2CCCCCC2)CCCCC1O.I. The average molecular weight is 395 g/mol. The molecule has 0 aromatic heterocycles. The van der Waals surface area contributed by atoms with E-state index in [1.165, 1.54) is 32.1 Å². The van der Waals surface area contributed by atoms with Crippen LogP contribution in [-0.4, -0.2) is 41.7 Å². The Labute approximate surface area is 140 Å².